The molecule has 2 amide bonds. The quantitative estimate of drug-likeness (QED) is 0.546. The summed E-state index contributed by atoms with van der Waals surface area (Å²) in [7, 11) is 0. The maximum absolute atomic E-state index is 10.5. The third-order valence-corrected chi connectivity index (χ3v) is 1.78. The Hall–Kier alpha value is -2.46. The zero-order chi connectivity index (χ0) is 14.8. The van der Waals surface area contributed by atoms with Crippen LogP contribution in [0.4, 0.5) is 0 Å². The summed E-state index contributed by atoms with van der Waals surface area (Å²) in [6.45, 7) is 0. The first-order valence-electron chi connectivity index (χ1n) is 5.06. The molecular formula is C10H8MnN6O4. The molecule has 1 radical (unpaired) electrons. The molecule has 0 saturated carbocycles. The van der Waals surface area contributed by atoms with E-state index < -0.39 is 11.8 Å². The second-order valence-electron chi connectivity index (χ2n) is 3.04. The molecule has 0 saturated heterocycles. The van der Waals surface area contributed by atoms with Crippen molar-refractivity contribution in [2.75, 3.05) is 0 Å². The minimum absolute atomic E-state index is 0. The standard InChI is InChI=1S/2C5H4N3O2.Mn/c2*9-5(8-10)4-3-6-1-2-7-4;/h2*1-3H,(H-,6,7,8,9,10);/q2*-1;+2. The molecule has 21 heavy (non-hydrogen) atoms. The monoisotopic (exact) mass is 331 g/mol. The first kappa shape index (κ1) is 18.5. The predicted octanol–water partition coefficient (Wildman–Crippen LogP) is -0.594. The zero-order valence-electron chi connectivity index (χ0n) is 10.3. The van der Waals surface area contributed by atoms with E-state index in [9.17, 15) is 20.0 Å². The van der Waals surface area contributed by atoms with Crippen molar-refractivity contribution in [2.24, 2.45) is 0 Å². The molecule has 0 bridgehead atoms. The Morgan fingerprint density at radius 1 is 0.810 bits per heavy atom. The van der Waals surface area contributed by atoms with E-state index in [0.29, 0.717) is 0 Å². The van der Waals surface area contributed by atoms with Crippen LogP contribution in [0.5, 0.6) is 0 Å². The Kier molecular flexibility index (Phi) is 9.13. The van der Waals surface area contributed by atoms with Gasteiger partial charge in [0.05, 0.1) is 12.4 Å². The van der Waals surface area contributed by atoms with Crippen molar-refractivity contribution in [1.82, 2.24) is 30.9 Å². The smallest absolute Gasteiger partial charge is 0.759 e. The number of rotatable bonds is 2. The van der Waals surface area contributed by atoms with Gasteiger partial charge in [-0.05, 0) is 0 Å². The van der Waals surface area contributed by atoms with E-state index >= 15 is 0 Å². The fourth-order valence-electron chi connectivity index (χ4n) is 0.937. The van der Waals surface area contributed by atoms with Crippen molar-refractivity contribution < 1.29 is 26.7 Å². The second-order valence-corrected chi connectivity index (χ2v) is 3.04. The van der Waals surface area contributed by atoms with Gasteiger partial charge in [0.25, 0.3) is 11.8 Å². The SMILES string of the molecule is O=C(N[O-])c1cnccn1.O=C(N[O-])c1cnccn1.[Mn+2]. The summed E-state index contributed by atoms with van der Waals surface area (Å²) >= 11 is 0. The molecule has 11 heteroatoms. The molecule has 10 nitrogen and oxygen atoms in total. The van der Waals surface area contributed by atoms with Crippen molar-refractivity contribution >= 4 is 11.8 Å². The molecule has 0 atom stereocenters. The molecule has 2 aromatic heterocycles. The molecular weight excluding hydrogens is 323 g/mol. The van der Waals surface area contributed by atoms with E-state index in [-0.39, 0.29) is 28.5 Å². The van der Waals surface area contributed by atoms with Crippen LogP contribution in [0.1, 0.15) is 21.0 Å². The van der Waals surface area contributed by atoms with Crippen LogP contribution < -0.4 is 11.0 Å². The van der Waals surface area contributed by atoms with Crippen LogP contribution >= 0.6 is 0 Å². The topological polar surface area (TPSA) is 156 Å². The molecule has 2 aromatic rings. The largest absolute Gasteiger partial charge is 2.00 e. The van der Waals surface area contributed by atoms with Crippen molar-refractivity contribution in [3.63, 3.8) is 0 Å². The first-order chi connectivity index (χ1) is 9.69. The minimum Gasteiger partial charge on any atom is -0.759 e. The van der Waals surface area contributed by atoms with Gasteiger partial charge in [0.15, 0.2) is 0 Å². The minimum atomic E-state index is -0.770. The molecule has 0 aliphatic heterocycles. The van der Waals surface area contributed by atoms with E-state index in [4.69, 9.17) is 0 Å². The maximum Gasteiger partial charge on any atom is 2.00 e. The fourth-order valence-corrected chi connectivity index (χ4v) is 0.937. The van der Waals surface area contributed by atoms with Gasteiger partial charge in [0, 0.05) is 24.8 Å². The number of hydrogen-bond acceptors (Lipinski definition) is 8. The molecule has 0 aliphatic carbocycles. The van der Waals surface area contributed by atoms with Crippen LogP contribution in [0.25, 0.3) is 0 Å². The number of carbonyl (C=O) groups excluding carboxylic acids is 2. The van der Waals surface area contributed by atoms with E-state index in [0.717, 1.165) is 0 Å². The molecule has 0 aliphatic rings. The Bertz CT molecular complexity index is 504. The number of nitrogens with zero attached hydrogens (tertiary/aromatic N) is 4. The van der Waals surface area contributed by atoms with Crippen molar-refractivity contribution in [1.29, 1.82) is 0 Å². The van der Waals surface area contributed by atoms with Gasteiger partial charge in [-0.25, -0.2) is 9.97 Å². The average Bonchev–Trinajstić information content (AvgIpc) is 2.55. The maximum atomic E-state index is 10.5. The zero-order valence-corrected chi connectivity index (χ0v) is 11.4. The summed E-state index contributed by atoms with van der Waals surface area (Å²) in [5.74, 6) is -1.54. The number of amides is 2. The summed E-state index contributed by atoms with van der Waals surface area (Å²) in [4.78, 5) is 35.3. The van der Waals surface area contributed by atoms with E-state index in [1.54, 1.807) is 0 Å². The molecule has 0 spiro atoms. The Morgan fingerprint density at radius 2 is 1.19 bits per heavy atom. The number of carbonyl (C=O) groups is 2. The molecule has 0 unspecified atom stereocenters. The Balaban J connectivity index is 0.000000364. The van der Waals surface area contributed by atoms with Crippen molar-refractivity contribution in [3.8, 4) is 0 Å². The molecule has 0 aromatic carbocycles. The van der Waals surface area contributed by atoms with Crippen molar-refractivity contribution in [2.45, 2.75) is 0 Å². The summed E-state index contributed by atoms with van der Waals surface area (Å²) in [6, 6.07) is 0. The van der Waals surface area contributed by atoms with Crippen LogP contribution in [0.2, 0.25) is 0 Å². The molecule has 2 heterocycles. The van der Waals surface area contributed by atoms with Crippen LogP contribution in [0.15, 0.2) is 37.2 Å². The number of nitrogens with one attached hydrogen (secondary N) is 2. The van der Waals surface area contributed by atoms with Gasteiger partial charge in [0.2, 0.25) is 0 Å². The van der Waals surface area contributed by atoms with Crippen molar-refractivity contribution in [3.05, 3.63) is 59.0 Å². The van der Waals surface area contributed by atoms with Crippen LogP contribution in [-0.4, -0.2) is 31.8 Å². The summed E-state index contributed by atoms with van der Waals surface area (Å²) in [6.07, 6.45) is 7.94. The average molecular weight is 331 g/mol. The van der Waals surface area contributed by atoms with E-state index in [1.807, 2.05) is 0 Å². The van der Waals surface area contributed by atoms with Gasteiger partial charge in [-0.2, -0.15) is 0 Å². The molecule has 2 N–H and O–H groups in total. The van der Waals surface area contributed by atoms with Gasteiger partial charge < -0.3 is 21.4 Å². The number of aromatic nitrogens is 4. The Morgan fingerprint density at radius 3 is 1.43 bits per heavy atom. The third-order valence-electron chi connectivity index (χ3n) is 1.78. The number of hydrogen-bond donors (Lipinski definition) is 2. The van der Waals surface area contributed by atoms with Crippen LogP contribution in [-0.2, 0) is 17.1 Å². The summed E-state index contributed by atoms with van der Waals surface area (Å²) < 4.78 is 0. The molecule has 0 fully saturated rings. The number of hydroxylamine groups is 2. The van der Waals surface area contributed by atoms with E-state index in [1.165, 1.54) is 48.1 Å². The van der Waals surface area contributed by atoms with E-state index in [2.05, 4.69) is 19.9 Å². The van der Waals surface area contributed by atoms with Gasteiger partial charge in [0.1, 0.15) is 11.4 Å². The van der Waals surface area contributed by atoms with Gasteiger partial charge >= 0.3 is 17.1 Å². The fraction of sp³-hybridized carbons (Fsp3) is 0. The van der Waals surface area contributed by atoms with Crippen LogP contribution in [0.3, 0.4) is 0 Å². The second kappa shape index (κ2) is 10.3. The van der Waals surface area contributed by atoms with Gasteiger partial charge in [-0.15, -0.1) is 0 Å². The Labute approximate surface area is 129 Å². The third kappa shape index (κ3) is 6.49. The van der Waals surface area contributed by atoms with Crippen LogP contribution in [0, 0.1) is 10.4 Å². The first-order valence-corrected chi connectivity index (χ1v) is 5.06. The summed E-state index contributed by atoms with van der Waals surface area (Å²) in [5.41, 5.74) is 2.43. The normalized spacial score (nSPS) is 8.48. The summed E-state index contributed by atoms with van der Waals surface area (Å²) in [5, 5.41) is 19.5. The molecule has 109 valence electrons. The molecule has 2 rings (SSSR count). The van der Waals surface area contributed by atoms with Gasteiger partial charge in [-0.3, -0.25) is 19.6 Å². The van der Waals surface area contributed by atoms with Gasteiger partial charge in [-0.1, -0.05) is 0 Å². The predicted molar refractivity (Wildman–Crippen MR) is 65.7 cm³/mol.